The van der Waals surface area contributed by atoms with E-state index in [9.17, 15) is 8.42 Å². The van der Waals surface area contributed by atoms with Crippen molar-refractivity contribution in [1.29, 1.82) is 0 Å². The molecule has 3 heteroatoms. The highest BCUT2D eigenvalue weighted by Crippen LogP contribution is 2.24. The van der Waals surface area contributed by atoms with Crippen LogP contribution in [0.3, 0.4) is 0 Å². The normalized spacial score (nSPS) is 11.6. The van der Waals surface area contributed by atoms with E-state index < -0.39 is 14.6 Å². The molecule has 0 saturated carbocycles. The molecular weight excluding hydrogens is 220 g/mol. The molecule has 0 saturated heterocycles. The van der Waals surface area contributed by atoms with Crippen LogP contribution in [0.1, 0.15) is 40.2 Å². The van der Waals surface area contributed by atoms with Crippen LogP contribution in [0.2, 0.25) is 0 Å². The molecule has 1 rings (SSSR count). The second-order valence-electron chi connectivity index (χ2n) is 4.43. The lowest BCUT2D eigenvalue weighted by Crippen LogP contribution is -2.27. The monoisotopic (exact) mass is 242 g/mol. The van der Waals surface area contributed by atoms with Crippen LogP contribution in [0.25, 0.3) is 0 Å². The third-order valence-electron chi connectivity index (χ3n) is 2.14. The van der Waals surface area contributed by atoms with E-state index in [1.807, 2.05) is 32.9 Å². The summed E-state index contributed by atoms with van der Waals surface area (Å²) in [7, 11) is -3.19. The van der Waals surface area contributed by atoms with Crippen molar-refractivity contribution in [3.05, 3.63) is 29.8 Å². The van der Waals surface area contributed by atoms with Gasteiger partial charge in [-0.05, 0) is 39.8 Å². The standard InChI is InChI=1S/C11H16O2S.C2H6/c1-9-5-7-10(8-6-9)14(12,13)11(2,3)4;1-2/h5-8H,1-4H3;1-2H3. The van der Waals surface area contributed by atoms with Crippen LogP contribution in [0.4, 0.5) is 0 Å². The highest BCUT2D eigenvalue weighted by Gasteiger charge is 2.30. The Kier molecular flexibility index (Phi) is 5.20. The molecule has 1 aromatic rings. The molecule has 0 aromatic heterocycles. The first-order valence-corrected chi connectivity index (χ1v) is 7.05. The van der Waals surface area contributed by atoms with E-state index in [-0.39, 0.29) is 0 Å². The van der Waals surface area contributed by atoms with E-state index in [2.05, 4.69) is 0 Å². The van der Waals surface area contributed by atoms with E-state index >= 15 is 0 Å². The summed E-state index contributed by atoms with van der Waals surface area (Å²) in [5.41, 5.74) is 1.07. The van der Waals surface area contributed by atoms with Crippen molar-refractivity contribution in [3.63, 3.8) is 0 Å². The summed E-state index contributed by atoms with van der Waals surface area (Å²) in [4.78, 5) is 0.399. The van der Waals surface area contributed by atoms with Gasteiger partial charge < -0.3 is 0 Å². The summed E-state index contributed by atoms with van der Waals surface area (Å²) in [6, 6.07) is 6.96. The Morgan fingerprint density at radius 3 is 1.62 bits per heavy atom. The third kappa shape index (κ3) is 3.34. The molecule has 2 nitrogen and oxygen atoms in total. The molecule has 0 aliphatic heterocycles. The molecule has 0 N–H and O–H groups in total. The Balaban J connectivity index is 0.00000106. The van der Waals surface area contributed by atoms with E-state index in [4.69, 9.17) is 0 Å². The fourth-order valence-electron chi connectivity index (χ4n) is 1.07. The SMILES string of the molecule is CC.Cc1ccc(S(=O)(=O)C(C)(C)C)cc1. The second-order valence-corrected chi connectivity index (χ2v) is 7.13. The molecule has 92 valence electrons. The molecule has 0 heterocycles. The van der Waals surface area contributed by atoms with Crippen LogP contribution in [0, 0.1) is 6.92 Å². The van der Waals surface area contributed by atoms with Gasteiger partial charge in [0.25, 0.3) is 0 Å². The molecule has 0 spiro atoms. The molecule has 0 radical (unpaired) electrons. The lowest BCUT2D eigenvalue weighted by atomic mass is 10.2. The first-order chi connectivity index (χ1) is 7.25. The molecule has 0 fully saturated rings. The molecule has 0 aliphatic carbocycles. The smallest absolute Gasteiger partial charge is 0.183 e. The van der Waals surface area contributed by atoms with Crippen molar-refractivity contribution in [2.75, 3.05) is 0 Å². The van der Waals surface area contributed by atoms with Gasteiger partial charge in [-0.1, -0.05) is 31.5 Å². The second kappa shape index (κ2) is 5.48. The zero-order valence-corrected chi connectivity index (χ0v) is 11.9. The van der Waals surface area contributed by atoms with Crippen molar-refractivity contribution >= 4 is 9.84 Å². The van der Waals surface area contributed by atoms with Crippen LogP contribution in [0.5, 0.6) is 0 Å². The Bertz CT molecular complexity index is 408. The van der Waals surface area contributed by atoms with E-state index in [0.29, 0.717) is 4.90 Å². The van der Waals surface area contributed by atoms with Gasteiger partial charge in [-0.25, -0.2) is 8.42 Å². The predicted molar refractivity (Wildman–Crippen MR) is 69.5 cm³/mol. The highest BCUT2D eigenvalue weighted by molar-refractivity contribution is 7.92. The fourth-order valence-corrected chi connectivity index (χ4v) is 2.27. The topological polar surface area (TPSA) is 34.1 Å². The van der Waals surface area contributed by atoms with Crippen molar-refractivity contribution in [3.8, 4) is 0 Å². The number of rotatable bonds is 1. The number of sulfone groups is 1. The maximum atomic E-state index is 12.0. The van der Waals surface area contributed by atoms with Crippen molar-refractivity contribution < 1.29 is 8.42 Å². The van der Waals surface area contributed by atoms with E-state index in [0.717, 1.165) is 5.56 Å². The summed E-state index contributed by atoms with van der Waals surface area (Å²) in [5, 5.41) is 0. The van der Waals surface area contributed by atoms with Gasteiger partial charge in [-0.3, -0.25) is 0 Å². The summed E-state index contributed by atoms with van der Waals surface area (Å²) >= 11 is 0. The molecule has 16 heavy (non-hydrogen) atoms. The maximum Gasteiger partial charge on any atom is 0.183 e. The number of aryl methyl sites for hydroxylation is 1. The van der Waals surface area contributed by atoms with Crippen molar-refractivity contribution in [2.45, 2.75) is 51.2 Å². The first kappa shape index (κ1) is 15.2. The van der Waals surface area contributed by atoms with Gasteiger partial charge in [0.05, 0.1) is 9.64 Å². The molecule has 0 amide bonds. The fraction of sp³-hybridized carbons (Fsp3) is 0.538. The Hall–Kier alpha value is -0.830. The van der Waals surface area contributed by atoms with Crippen LogP contribution in [-0.2, 0) is 9.84 Å². The van der Waals surface area contributed by atoms with Gasteiger partial charge in [-0.15, -0.1) is 0 Å². The number of benzene rings is 1. The molecule has 0 bridgehead atoms. The molecule has 0 unspecified atom stereocenters. The summed E-state index contributed by atoms with van der Waals surface area (Å²) in [6.07, 6.45) is 0. The largest absolute Gasteiger partial charge is 0.223 e. The van der Waals surface area contributed by atoms with Gasteiger partial charge in [-0.2, -0.15) is 0 Å². The zero-order valence-electron chi connectivity index (χ0n) is 11.0. The zero-order chi connectivity index (χ0) is 13.0. The molecular formula is C13H22O2S. The Morgan fingerprint density at radius 2 is 1.31 bits per heavy atom. The number of hydrogen-bond acceptors (Lipinski definition) is 2. The van der Waals surface area contributed by atoms with Crippen LogP contribution in [-0.4, -0.2) is 13.2 Å². The van der Waals surface area contributed by atoms with Gasteiger partial charge in [0.2, 0.25) is 0 Å². The molecule has 0 aliphatic rings. The maximum absolute atomic E-state index is 12.0. The van der Waals surface area contributed by atoms with E-state index in [1.165, 1.54) is 0 Å². The first-order valence-electron chi connectivity index (χ1n) is 5.56. The Labute approximate surface area is 99.6 Å². The number of hydrogen-bond donors (Lipinski definition) is 0. The Morgan fingerprint density at radius 1 is 0.938 bits per heavy atom. The molecule has 0 atom stereocenters. The summed E-state index contributed by atoms with van der Waals surface area (Å²) in [6.45, 7) is 11.1. The van der Waals surface area contributed by atoms with Crippen molar-refractivity contribution in [1.82, 2.24) is 0 Å². The van der Waals surface area contributed by atoms with Gasteiger partial charge >= 0.3 is 0 Å². The van der Waals surface area contributed by atoms with Crippen LogP contribution < -0.4 is 0 Å². The van der Waals surface area contributed by atoms with Gasteiger partial charge in [0, 0.05) is 0 Å². The average Bonchev–Trinajstić information content (AvgIpc) is 2.20. The van der Waals surface area contributed by atoms with E-state index in [1.54, 1.807) is 32.9 Å². The van der Waals surface area contributed by atoms with Crippen molar-refractivity contribution in [2.24, 2.45) is 0 Å². The minimum absolute atomic E-state index is 0.399. The third-order valence-corrected chi connectivity index (χ3v) is 4.64. The molecule has 1 aromatic carbocycles. The average molecular weight is 242 g/mol. The van der Waals surface area contributed by atoms with Crippen LogP contribution >= 0.6 is 0 Å². The summed E-state index contributed by atoms with van der Waals surface area (Å²) in [5.74, 6) is 0. The summed E-state index contributed by atoms with van der Waals surface area (Å²) < 4.78 is 23.2. The lowest BCUT2D eigenvalue weighted by Gasteiger charge is -2.19. The lowest BCUT2D eigenvalue weighted by molar-refractivity contribution is 0.560. The quantitative estimate of drug-likeness (QED) is 0.754. The van der Waals surface area contributed by atoms with Gasteiger partial charge in [0.15, 0.2) is 9.84 Å². The van der Waals surface area contributed by atoms with Gasteiger partial charge in [0.1, 0.15) is 0 Å². The minimum Gasteiger partial charge on any atom is -0.223 e. The predicted octanol–water partition coefficient (Wildman–Crippen LogP) is 3.59. The minimum atomic E-state index is -3.19. The van der Waals surface area contributed by atoms with Crippen LogP contribution in [0.15, 0.2) is 29.2 Å². The highest BCUT2D eigenvalue weighted by atomic mass is 32.2.